The van der Waals surface area contributed by atoms with Gasteiger partial charge in [0.15, 0.2) is 0 Å². The highest BCUT2D eigenvalue weighted by atomic mass is 14.3. The van der Waals surface area contributed by atoms with E-state index in [0.29, 0.717) is 0 Å². The molecule has 2 saturated carbocycles. The molecule has 0 heterocycles. The first kappa shape index (κ1) is 7.64. The Morgan fingerprint density at radius 3 is 3.18 bits per heavy atom. The van der Waals surface area contributed by atoms with E-state index in [4.69, 9.17) is 0 Å². The smallest absolute Gasteiger partial charge is 0.0173 e. The fraction of sp³-hybridized carbons (Fsp3) is 0.545. The zero-order valence-electron chi connectivity index (χ0n) is 6.92. The Balaban J connectivity index is 1.93. The normalized spacial score (nSPS) is 34.4. The summed E-state index contributed by atoms with van der Waals surface area (Å²) in [6.45, 7) is 0. The molecule has 0 N–H and O–H groups in total. The third-order valence-corrected chi connectivity index (χ3v) is 2.77. The molecule has 0 aromatic heterocycles. The number of hydrogen-bond acceptors (Lipinski definition) is 0. The van der Waals surface area contributed by atoms with Crippen LogP contribution in [0.1, 0.15) is 32.1 Å². The van der Waals surface area contributed by atoms with Gasteiger partial charge in [0.05, 0.1) is 0 Å². The minimum Gasteiger partial charge on any atom is -0.0530 e. The van der Waals surface area contributed by atoms with Crippen LogP contribution >= 0.6 is 0 Å². The molecule has 0 aromatic rings. The summed E-state index contributed by atoms with van der Waals surface area (Å²) in [5.41, 5.74) is 0. The molecule has 0 nitrogen and oxygen atoms in total. The SMILES string of the molecule is [CH]1[CH][CH][C]2CCCCC2C[CH]1. The van der Waals surface area contributed by atoms with Gasteiger partial charge >= 0.3 is 0 Å². The lowest BCUT2D eigenvalue weighted by Crippen LogP contribution is -2.16. The van der Waals surface area contributed by atoms with Crippen molar-refractivity contribution in [3.63, 3.8) is 0 Å². The minimum absolute atomic E-state index is 0.888. The topological polar surface area (TPSA) is 0 Å². The van der Waals surface area contributed by atoms with Gasteiger partial charge in [-0.05, 0) is 56.8 Å². The monoisotopic (exact) mass is 147 g/mol. The summed E-state index contributed by atoms with van der Waals surface area (Å²) in [5.74, 6) is 2.58. The molecule has 0 aliphatic heterocycles. The summed E-state index contributed by atoms with van der Waals surface area (Å²) >= 11 is 0. The second kappa shape index (κ2) is 3.60. The summed E-state index contributed by atoms with van der Waals surface area (Å²) in [5, 5.41) is 0. The van der Waals surface area contributed by atoms with Crippen LogP contribution in [0.15, 0.2) is 0 Å². The van der Waals surface area contributed by atoms with E-state index in [9.17, 15) is 0 Å². The molecule has 0 heteroatoms. The van der Waals surface area contributed by atoms with Crippen LogP contribution in [0, 0.1) is 37.5 Å². The van der Waals surface area contributed by atoms with Gasteiger partial charge in [-0.25, -0.2) is 0 Å². The quantitative estimate of drug-likeness (QED) is 0.494. The van der Waals surface area contributed by atoms with Crippen LogP contribution in [-0.2, 0) is 0 Å². The third-order valence-electron chi connectivity index (χ3n) is 2.77. The van der Waals surface area contributed by atoms with Crippen molar-refractivity contribution in [2.45, 2.75) is 32.1 Å². The predicted octanol–water partition coefficient (Wildman–Crippen LogP) is 2.97. The van der Waals surface area contributed by atoms with Crippen molar-refractivity contribution in [1.82, 2.24) is 0 Å². The van der Waals surface area contributed by atoms with Gasteiger partial charge < -0.3 is 0 Å². The molecule has 0 amide bonds. The summed E-state index contributed by atoms with van der Waals surface area (Å²) in [6, 6.07) is 0. The van der Waals surface area contributed by atoms with Gasteiger partial charge in [-0.2, -0.15) is 0 Å². The average molecular weight is 147 g/mol. The highest BCUT2D eigenvalue weighted by Crippen LogP contribution is 2.39. The van der Waals surface area contributed by atoms with E-state index in [-0.39, 0.29) is 0 Å². The van der Waals surface area contributed by atoms with Crippen LogP contribution in [0.2, 0.25) is 0 Å². The summed E-state index contributed by atoms with van der Waals surface area (Å²) < 4.78 is 0. The second-order valence-corrected chi connectivity index (χ2v) is 3.54. The Morgan fingerprint density at radius 1 is 1.18 bits per heavy atom. The summed E-state index contributed by atoms with van der Waals surface area (Å²) in [6.07, 6.45) is 15.9. The van der Waals surface area contributed by atoms with Crippen LogP contribution in [0.4, 0.5) is 0 Å². The first-order valence-corrected chi connectivity index (χ1v) is 4.66. The van der Waals surface area contributed by atoms with Gasteiger partial charge in [0.2, 0.25) is 0 Å². The van der Waals surface area contributed by atoms with Gasteiger partial charge in [-0.3, -0.25) is 0 Å². The zero-order chi connectivity index (χ0) is 7.52. The van der Waals surface area contributed by atoms with Crippen LogP contribution < -0.4 is 0 Å². The van der Waals surface area contributed by atoms with Gasteiger partial charge in [-0.15, -0.1) is 0 Å². The van der Waals surface area contributed by atoms with E-state index in [0.717, 1.165) is 5.92 Å². The highest BCUT2D eigenvalue weighted by molar-refractivity contribution is 5.23. The molecule has 11 heavy (non-hydrogen) atoms. The lowest BCUT2D eigenvalue weighted by molar-refractivity contribution is 0.405. The van der Waals surface area contributed by atoms with Crippen molar-refractivity contribution in [3.8, 4) is 0 Å². The lowest BCUT2D eigenvalue weighted by Gasteiger charge is -2.28. The predicted molar refractivity (Wildman–Crippen MR) is 47.0 cm³/mol. The largest absolute Gasteiger partial charge is 0.0530 e. The van der Waals surface area contributed by atoms with E-state index >= 15 is 0 Å². The van der Waals surface area contributed by atoms with E-state index in [1.54, 1.807) is 5.92 Å². The van der Waals surface area contributed by atoms with Gasteiger partial charge in [0, 0.05) is 0 Å². The molecule has 0 saturated heterocycles. The van der Waals surface area contributed by atoms with Crippen LogP contribution in [0.5, 0.6) is 0 Å². The third kappa shape index (κ3) is 1.77. The van der Waals surface area contributed by atoms with Crippen molar-refractivity contribution in [3.05, 3.63) is 31.6 Å². The van der Waals surface area contributed by atoms with E-state index in [2.05, 4.69) is 25.7 Å². The van der Waals surface area contributed by atoms with Crippen LogP contribution in [0.3, 0.4) is 0 Å². The maximum absolute atomic E-state index is 2.33. The Hall–Kier alpha value is 0. The Labute approximate surface area is 70.4 Å². The van der Waals surface area contributed by atoms with E-state index in [1.807, 2.05) is 0 Å². The molecule has 5 radical (unpaired) electrons. The number of hydrogen-bond donors (Lipinski definition) is 0. The fourth-order valence-corrected chi connectivity index (χ4v) is 2.10. The Kier molecular flexibility index (Phi) is 2.50. The summed E-state index contributed by atoms with van der Waals surface area (Å²) in [7, 11) is 0. The van der Waals surface area contributed by atoms with Crippen molar-refractivity contribution < 1.29 is 0 Å². The molecule has 2 fully saturated rings. The molecule has 0 spiro atoms. The first-order chi connectivity index (χ1) is 5.47. The maximum Gasteiger partial charge on any atom is -0.0173 e. The fourth-order valence-electron chi connectivity index (χ4n) is 2.10. The van der Waals surface area contributed by atoms with Gasteiger partial charge in [0.1, 0.15) is 0 Å². The molecule has 2 aliphatic rings. The van der Waals surface area contributed by atoms with Gasteiger partial charge in [0.25, 0.3) is 0 Å². The molecule has 0 aromatic carbocycles. The Morgan fingerprint density at radius 2 is 2.18 bits per heavy atom. The zero-order valence-corrected chi connectivity index (χ0v) is 6.92. The van der Waals surface area contributed by atoms with Gasteiger partial charge in [-0.1, -0.05) is 12.8 Å². The molecular weight excluding hydrogens is 132 g/mol. The van der Waals surface area contributed by atoms with Crippen LogP contribution in [-0.4, -0.2) is 0 Å². The lowest BCUT2D eigenvalue weighted by atomic mass is 9.77. The molecule has 0 bridgehead atoms. The van der Waals surface area contributed by atoms with Crippen molar-refractivity contribution >= 4 is 0 Å². The molecule has 2 aliphatic carbocycles. The van der Waals surface area contributed by atoms with Crippen molar-refractivity contribution in [2.75, 3.05) is 0 Å². The number of fused-ring (bicyclic) bond motifs is 1. The van der Waals surface area contributed by atoms with E-state index in [1.165, 1.54) is 32.1 Å². The first-order valence-electron chi connectivity index (χ1n) is 4.66. The molecular formula is C11H15. The average Bonchev–Trinajstić information content (AvgIpc) is 2.28. The van der Waals surface area contributed by atoms with Crippen LogP contribution in [0.25, 0.3) is 0 Å². The minimum atomic E-state index is 0.888. The summed E-state index contributed by atoms with van der Waals surface area (Å²) in [4.78, 5) is 0. The highest BCUT2D eigenvalue weighted by Gasteiger charge is 2.26. The van der Waals surface area contributed by atoms with E-state index < -0.39 is 0 Å². The Bertz CT molecular complexity index is 103. The second-order valence-electron chi connectivity index (χ2n) is 3.54. The van der Waals surface area contributed by atoms with Crippen molar-refractivity contribution in [2.24, 2.45) is 5.92 Å². The molecule has 1 unspecified atom stereocenters. The maximum atomic E-state index is 2.33. The molecule has 59 valence electrons. The molecule has 2 rings (SSSR count). The molecule has 1 atom stereocenters. The number of rotatable bonds is 0. The standard InChI is InChI=1S/C11H15/c1-2-6-10-8-4-5-9-11(10)7-3-1/h1-3,6,11H,4-5,7-9H2. The van der Waals surface area contributed by atoms with Crippen molar-refractivity contribution in [1.29, 1.82) is 0 Å².